The van der Waals surface area contributed by atoms with Crippen molar-refractivity contribution in [3.63, 3.8) is 0 Å². The molecule has 0 spiro atoms. The molecule has 1 nitrogen and oxygen atoms in total. The average molecular weight is 162 g/mol. The lowest BCUT2D eigenvalue weighted by molar-refractivity contribution is -0.122. The van der Waals surface area contributed by atoms with E-state index in [0.717, 1.165) is 6.42 Å². The zero-order valence-corrected chi connectivity index (χ0v) is 7.20. The molecular formula is C11H14O. The summed E-state index contributed by atoms with van der Waals surface area (Å²) in [6.07, 6.45) is 9.07. The van der Waals surface area contributed by atoms with E-state index >= 15 is 0 Å². The van der Waals surface area contributed by atoms with Crippen LogP contribution in [0, 0.1) is 17.8 Å². The van der Waals surface area contributed by atoms with E-state index in [-0.39, 0.29) is 0 Å². The van der Waals surface area contributed by atoms with Crippen molar-refractivity contribution >= 4 is 5.78 Å². The lowest BCUT2D eigenvalue weighted by Gasteiger charge is -2.15. The van der Waals surface area contributed by atoms with E-state index in [1.807, 2.05) is 0 Å². The molecule has 0 amide bonds. The highest BCUT2D eigenvalue weighted by atomic mass is 16.1. The van der Waals surface area contributed by atoms with Gasteiger partial charge in [-0.15, -0.1) is 6.58 Å². The molecule has 3 atom stereocenters. The monoisotopic (exact) mass is 162 g/mol. The van der Waals surface area contributed by atoms with Crippen LogP contribution in [-0.4, -0.2) is 5.78 Å². The Labute approximate surface area is 73.2 Å². The van der Waals surface area contributed by atoms with E-state index < -0.39 is 0 Å². The fourth-order valence-corrected chi connectivity index (χ4v) is 2.44. The molecule has 2 aliphatic rings. The van der Waals surface area contributed by atoms with Gasteiger partial charge in [0.2, 0.25) is 0 Å². The van der Waals surface area contributed by atoms with Crippen LogP contribution in [0.2, 0.25) is 0 Å². The van der Waals surface area contributed by atoms with Gasteiger partial charge in [-0.2, -0.15) is 0 Å². The summed E-state index contributed by atoms with van der Waals surface area (Å²) in [6.45, 7) is 3.60. The molecule has 64 valence electrons. The minimum absolute atomic E-state index is 0.318. The van der Waals surface area contributed by atoms with Crippen LogP contribution in [0.1, 0.15) is 19.3 Å². The van der Waals surface area contributed by atoms with E-state index in [4.69, 9.17) is 0 Å². The number of rotatable bonds is 3. The molecule has 2 bridgehead atoms. The lowest BCUT2D eigenvalue weighted by atomic mass is 9.88. The highest BCUT2D eigenvalue weighted by Crippen LogP contribution is 2.44. The van der Waals surface area contributed by atoms with Crippen molar-refractivity contribution in [2.24, 2.45) is 17.8 Å². The summed E-state index contributed by atoms with van der Waals surface area (Å²) in [4.78, 5) is 11.5. The van der Waals surface area contributed by atoms with Gasteiger partial charge in [0.25, 0.3) is 0 Å². The topological polar surface area (TPSA) is 17.1 Å². The summed E-state index contributed by atoms with van der Waals surface area (Å²) < 4.78 is 0. The van der Waals surface area contributed by atoms with Crippen molar-refractivity contribution < 1.29 is 4.79 Å². The third-order valence-electron chi connectivity index (χ3n) is 3.04. The summed E-state index contributed by atoms with van der Waals surface area (Å²) in [6, 6.07) is 0. The first-order valence-corrected chi connectivity index (χ1v) is 4.63. The van der Waals surface area contributed by atoms with Gasteiger partial charge < -0.3 is 0 Å². The van der Waals surface area contributed by atoms with Crippen LogP contribution in [0.3, 0.4) is 0 Å². The number of fused-ring (bicyclic) bond motifs is 2. The maximum absolute atomic E-state index is 11.5. The molecule has 0 aromatic heterocycles. The second-order valence-corrected chi connectivity index (χ2v) is 3.85. The first-order chi connectivity index (χ1) is 5.81. The quantitative estimate of drug-likeness (QED) is 0.582. The van der Waals surface area contributed by atoms with Crippen molar-refractivity contribution in [2.45, 2.75) is 19.3 Å². The third kappa shape index (κ3) is 1.13. The maximum Gasteiger partial charge on any atom is 0.140 e. The molecule has 0 aromatic carbocycles. The number of carbonyl (C=O) groups is 1. The molecule has 1 fully saturated rings. The Bertz CT molecular complexity index is 239. The fourth-order valence-electron chi connectivity index (χ4n) is 2.44. The van der Waals surface area contributed by atoms with Gasteiger partial charge in [0.05, 0.1) is 0 Å². The predicted molar refractivity (Wildman–Crippen MR) is 48.7 cm³/mol. The molecule has 3 unspecified atom stereocenters. The minimum atomic E-state index is 0.318. The van der Waals surface area contributed by atoms with Gasteiger partial charge in [-0.25, -0.2) is 0 Å². The van der Waals surface area contributed by atoms with Crippen molar-refractivity contribution in [2.75, 3.05) is 0 Å². The van der Waals surface area contributed by atoms with E-state index in [1.54, 1.807) is 6.08 Å². The van der Waals surface area contributed by atoms with Crippen LogP contribution < -0.4 is 0 Å². The number of Topliss-reactive ketones (excluding diaryl/α,β-unsaturated/α-hetero) is 1. The zero-order valence-electron chi connectivity index (χ0n) is 7.20. The van der Waals surface area contributed by atoms with Gasteiger partial charge in [0.1, 0.15) is 5.78 Å². The molecule has 0 N–H and O–H groups in total. The highest BCUT2D eigenvalue weighted by Gasteiger charge is 2.38. The van der Waals surface area contributed by atoms with E-state index in [2.05, 4.69) is 18.7 Å². The van der Waals surface area contributed by atoms with E-state index in [0.29, 0.717) is 30.0 Å². The molecule has 2 aliphatic carbocycles. The van der Waals surface area contributed by atoms with Crippen molar-refractivity contribution in [1.82, 2.24) is 0 Å². The number of allylic oxidation sites excluding steroid dienone is 3. The molecule has 12 heavy (non-hydrogen) atoms. The minimum Gasteiger partial charge on any atom is -0.299 e. The number of hydrogen-bond acceptors (Lipinski definition) is 1. The molecule has 0 radical (unpaired) electrons. The molecular weight excluding hydrogens is 148 g/mol. The second-order valence-electron chi connectivity index (χ2n) is 3.85. The number of ketones is 1. The molecule has 0 heterocycles. The number of hydrogen-bond donors (Lipinski definition) is 0. The van der Waals surface area contributed by atoms with Crippen molar-refractivity contribution in [3.8, 4) is 0 Å². The Morgan fingerprint density at radius 2 is 2.33 bits per heavy atom. The Kier molecular flexibility index (Phi) is 1.87. The van der Waals surface area contributed by atoms with Crippen LogP contribution in [0.25, 0.3) is 0 Å². The molecule has 1 saturated carbocycles. The van der Waals surface area contributed by atoms with Crippen LogP contribution >= 0.6 is 0 Å². The van der Waals surface area contributed by atoms with Crippen LogP contribution in [0.15, 0.2) is 24.8 Å². The highest BCUT2D eigenvalue weighted by molar-refractivity contribution is 5.83. The van der Waals surface area contributed by atoms with Crippen LogP contribution in [0.4, 0.5) is 0 Å². The standard InChI is InChI=1S/C11H14O/c1-2-3-11(12)10-7-8-4-5-9(10)6-8/h2,4-5,8-10H,1,3,6-7H2. The second kappa shape index (κ2) is 2.89. The molecule has 2 rings (SSSR count). The van der Waals surface area contributed by atoms with Crippen LogP contribution in [-0.2, 0) is 4.79 Å². The van der Waals surface area contributed by atoms with Gasteiger partial charge in [0, 0.05) is 12.3 Å². The fraction of sp³-hybridized carbons (Fsp3) is 0.545. The summed E-state index contributed by atoms with van der Waals surface area (Å²) in [7, 11) is 0. The smallest absolute Gasteiger partial charge is 0.140 e. The summed E-state index contributed by atoms with van der Waals surface area (Å²) in [5.74, 6) is 1.97. The van der Waals surface area contributed by atoms with Gasteiger partial charge in [0.15, 0.2) is 0 Å². The SMILES string of the molecule is C=CCC(=O)C1CC2C=CC1C2. The van der Waals surface area contributed by atoms with Crippen molar-refractivity contribution in [1.29, 1.82) is 0 Å². The van der Waals surface area contributed by atoms with Gasteiger partial charge in [-0.05, 0) is 24.7 Å². The lowest BCUT2D eigenvalue weighted by Crippen LogP contribution is -2.17. The Morgan fingerprint density at radius 3 is 2.83 bits per heavy atom. The predicted octanol–water partition coefficient (Wildman–Crippen LogP) is 2.34. The normalized spacial score (nSPS) is 37.2. The Balaban J connectivity index is 2.02. The summed E-state index contributed by atoms with van der Waals surface area (Å²) >= 11 is 0. The maximum atomic E-state index is 11.5. The molecule has 0 aromatic rings. The molecule has 0 aliphatic heterocycles. The summed E-state index contributed by atoms with van der Waals surface area (Å²) in [5, 5.41) is 0. The van der Waals surface area contributed by atoms with E-state index in [1.165, 1.54) is 6.42 Å². The molecule has 1 heteroatoms. The Hall–Kier alpha value is -0.850. The first-order valence-electron chi connectivity index (χ1n) is 4.63. The first kappa shape index (κ1) is 7.78. The summed E-state index contributed by atoms with van der Waals surface area (Å²) in [5.41, 5.74) is 0. The molecule has 0 saturated heterocycles. The van der Waals surface area contributed by atoms with E-state index in [9.17, 15) is 4.79 Å². The zero-order chi connectivity index (χ0) is 8.55. The largest absolute Gasteiger partial charge is 0.299 e. The average Bonchev–Trinajstić information content (AvgIpc) is 2.64. The van der Waals surface area contributed by atoms with Crippen LogP contribution in [0.5, 0.6) is 0 Å². The Morgan fingerprint density at radius 1 is 1.50 bits per heavy atom. The third-order valence-corrected chi connectivity index (χ3v) is 3.04. The van der Waals surface area contributed by atoms with Crippen molar-refractivity contribution in [3.05, 3.63) is 24.8 Å². The van der Waals surface area contributed by atoms with Gasteiger partial charge in [-0.1, -0.05) is 18.2 Å². The number of carbonyl (C=O) groups excluding carboxylic acids is 1. The van der Waals surface area contributed by atoms with Gasteiger partial charge >= 0.3 is 0 Å². The van der Waals surface area contributed by atoms with Gasteiger partial charge in [-0.3, -0.25) is 4.79 Å².